The number of nitrogens with one attached hydrogen (secondary N) is 1. The summed E-state index contributed by atoms with van der Waals surface area (Å²) in [5.41, 5.74) is 9.31. The van der Waals surface area contributed by atoms with Crippen molar-refractivity contribution in [2.75, 3.05) is 19.4 Å². The molecule has 98 valence electrons. The third kappa shape index (κ3) is 3.01. The van der Waals surface area contributed by atoms with Crippen LogP contribution in [0.15, 0.2) is 18.2 Å². The van der Waals surface area contributed by atoms with Gasteiger partial charge >= 0.3 is 5.97 Å². The van der Waals surface area contributed by atoms with Gasteiger partial charge in [-0.2, -0.15) is 0 Å². The van der Waals surface area contributed by atoms with Crippen LogP contribution in [0.1, 0.15) is 36.4 Å². The fraction of sp³-hybridized carbons (Fsp3) is 0.500. The van der Waals surface area contributed by atoms with Crippen LogP contribution >= 0.6 is 0 Å². The number of hydrogen-bond acceptors (Lipinski definition) is 4. The van der Waals surface area contributed by atoms with Crippen molar-refractivity contribution in [3.63, 3.8) is 0 Å². The molecule has 0 aromatic heterocycles. The number of nitrogens with two attached hydrogens (primary N) is 1. The standard InChI is InChI=1S/C14H20N2O2/c1-18-14(17)3-2-8-16-13-7-4-10-9-11(15)5-6-12(10)13/h5-6,9,13,16H,2-4,7-8,15H2,1H3. The zero-order valence-electron chi connectivity index (χ0n) is 10.7. The lowest BCUT2D eigenvalue weighted by Crippen LogP contribution is -2.21. The van der Waals surface area contributed by atoms with E-state index in [1.807, 2.05) is 6.07 Å². The fourth-order valence-electron chi connectivity index (χ4n) is 2.46. The van der Waals surface area contributed by atoms with Crippen molar-refractivity contribution in [1.29, 1.82) is 0 Å². The van der Waals surface area contributed by atoms with Crippen LogP contribution in [0.2, 0.25) is 0 Å². The maximum Gasteiger partial charge on any atom is 0.305 e. The van der Waals surface area contributed by atoms with Crippen molar-refractivity contribution in [3.8, 4) is 0 Å². The first-order chi connectivity index (χ1) is 8.70. The fourth-order valence-corrected chi connectivity index (χ4v) is 2.46. The molecule has 0 heterocycles. The van der Waals surface area contributed by atoms with E-state index >= 15 is 0 Å². The number of carbonyl (C=O) groups is 1. The van der Waals surface area contributed by atoms with E-state index in [1.54, 1.807) is 0 Å². The second-order valence-corrected chi connectivity index (χ2v) is 4.68. The summed E-state index contributed by atoms with van der Waals surface area (Å²) in [6.45, 7) is 0.837. The first-order valence-electron chi connectivity index (χ1n) is 6.39. The van der Waals surface area contributed by atoms with Gasteiger partial charge in [0.15, 0.2) is 0 Å². The number of anilines is 1. The molecule has 1 aromatic rings. The zero-order valence-corrected chi connectivity index (χ0v) is 10.7. The summed E-state index contributed by atoms with van der Waals surface area (Å²) in [7, 11) is 1.42. The van der Waals surface area contributed by atoms with E-state index in [0.717, 1.165) is 31.5 Å². The van der Waals surface area contributed by atoms with Gasteiger partial charge in [-0.25, -0.2) is 0 Å². The summed E-state index contributed by atoms with van der Waals surface area (Å²) in [6.07, 6.45) is 3.48. The van der Waals surface area contributed by atoms with E-state index in [4.69, 9.17) is 5.73 Å². The number of carbonyl (C=O) groups excluding carboxylic acids is 1. The monoisotopic (exact) mass is 248 g/mol. The molecule has 0 fully saturated rings. The molecule has 0 saturated heterocycles. The molecule has 0 saturated carbocycles. The number of fused-ring (bicyclic) bond motifs is 1. The molecule has 1 unspecified atom stereocenters. The van der Waals surface area contributed by atoms with Gasteiger partial charge in [0, 0.05) is 18.2 Å². The Kier molecular flexibility index (Phi) is 4.20. The second-order valence-electron chi connectivity index (χ2n) is 4.68. The molecule has 1 aliphatic carbocycles. The third-order valence-corrected chi connectivity index (χ3v) is 3.42. The number of methoxy groups -OCH3 is 1. The van der Waals surface area contributed by atoms with Crippen molar-refractivity contribution < 1.29 is 9.53 Å². The molecule has 0 aliphatic heterocycles. The predicted molar refractivity (Wildman–Crippen MR) is 71.2 cm³/mol. The van der Waals surface area contributed by atoms with Gasteiger partial charge in [0.1, 0.15) is 0 Å². The van der Waals surface area contributed by atoms with Gasteiger partial charge in [-0.05, 0) is 49.1 Å². The minimum absolute atomic E-state index is 0.142. The van der Waals surface area contributed by atoms with Gasteiger partial charge in [-0.3, -0.25) is 4.79 Å². The number of aryl methyl sites for hydroxylation is 1. The molecule has 0 spiro atoms. The Morgan fingerprint density at radius 1 is 1.56 bits per heavy atom. The van der Waals surface area contributed by atoms with E-state index in [2.05, 4.69) is 22.2 Å². The van der Waals surface area contributed by atoms with Crippen molar-refractivity contribution in [2.24, 2.45) is 0 Å². The van der Waals surface area contributed by atoms with Gasteiger partial charge in [0.25, 0.3) is 0 Å². The highest BCUT2D eigenvalue weighted by atomic mass is 16.5. The third-order valence-electron chi connectivity index (χ3n) is 3.42. The minimum Gasteiger partial charge on any atom is -0.469 e. The Morgan fingerprint density at radius 2 is 2.39 bits per heavy atom. The van der Waals surface area contributed by atoms with Gasteiger partial charge in [0.05, 0.1) is 7.11 Å². The first kappa shape index (κ1) is 12.9. The Hall–Kier alpha value is -1.55. The van der Waals surface area contributed by atoms with Crippen LogP contribution in [0.4, 0.5) is 5.69 Å². The molecule has 1 atom stereocenters. The topological polar surface area (TPSA) is 64.3 Å². The lowest BCUT2D eigenvalue weighted by molar-refractivity contribution is -0.140. The van der Waals surface area contributed by atoms with E-state index < -0.39 is 0 Å². The number of rotatable bonds is 5. The molecule has 4 heteroatoms. The molecule has 3 N–H and O–H groups in total. The number of esters is 1. The first-order valence-corrected chi connectivity index (χ1v) is 6.39. The number of nitrogen functional groups attached to an aromatic ring is 1. The predicted octanol–water partition coefficient (Wildman–Crippen LogP) is 1.80. The molecule has 4 nitrogen and oxygen atoms in total. The van der Waals surface area contributed by atoms with Crippen LogP contribution < -0.4 is 11.1 Å². The Bertz CT molecular complexity index is 432. The van der Waals surface area contributed by atoms with E-state index in [1.165, 1.54) is 18.2 Å². The van der Waals surface area contributed by atoms with Crippen LogP contribution in [0, 0.1) is 0 Å². The molecule has 0 radical (unpaired) electrons. The van der Waals surface area contributed by atoms with Gasteiger partial charge < -0.3 is 15.8 Å². The largest absolute Gasteiger partial charge is 0.469 e. The maximum absolute atomic E-state index is 11.0. The molecule has 0 bridgehead atoms. The zero-order chi connectivity index (χ0) is 13.0. The Morgan fingerprint density at radius 3 is 3.17 bits per heavy atom. The quantitative estimate of drug-likeness (QED) is 0.474. The summed E-state index contributed by atoms with van der Waals surface area (Å²) in [5.74, 6) is -0.142. The molecule has 1 aromatic carbocycles. The normalized spacial score (nSPS) is 17.5. The Balaban J connectivity index is 1.81. The highest BCUT2D eigenvalue weighted by Gasteiger charge is 2.21. The number of ether oxygens (including phenoxy) is 1. The van der Waals surface area contributed by atoms with Crippen LogP contribution in [0.3, 0.4) is 0 Å². The molecule has 2 rings (SSSR count). The minimum atomic E-state index is -0.142. The van der Waals surface area contributed by atoms with E-state index in [9.17, 15) is 4.79 Å². The van der Waals surface area contributed by atoms with Crippen molar-refractivity contribution in [1.82, 2.24) is 5.32 Å². The van der Waals surface area contributed by atoms with Crippen LogP contribution in [0.5, 0.6) is 0 Å². The summed E-state index contributed by atoms with van der Waals surface area (Å²) in [6, 6.07) is 6.52. The average Bonchev–Trinajstić information content (AvgIpc) is 2.76. The lowest BCUT2D eigenvalue weighted by atomic mass is 10.1. The summed E-state index contributed by atoms with van der Waals surface area (Å²) in [5, 5.41) is 3.49. The SMILES string of the molecule is COC(=O)CCCNC1CCc2cc(N)ccc21. The van der Waals surface area contributed by atoms with Crippen LogP contribution in [0.25, 0.3) is 0 Å². The van der Waals surface area contributed by atoms with Crippen molar-refractivity contribution in [2.45, 2.75) is 31.7 Å². The van der Waals surface area contributed by atoms with Crippen molar-refractivity contribution >= 4 is 11.7 Å². The molecule has 0 amide bonds. The van der Waals surface area contributed by atoms with Gasteiger partial charge in [-0.1, -0.05) is 6.07 Å². The van der Waals surface area contributed by atoms with E-state index in [0.29, 0.717) is 12.5 Å². The highest BCUT2D eigenvalue weighted by molar-refractivity contribution is 5.69. The van der Waals surface area contributed by atoms with Crippen molar-refractivity contribution in [3.05, 3.63) is 29.3 Å². The molecule has 18 heavy (non-hydrogen) atoms. The van der Waals surface area contributed by atoms with Crippen LogP contribution in [-0.2, 0) is 16.0 Å². The Labute approximate surface area is 108 Å². The number of benzene rings is 1. The van der Waals surface area contributed by atoms with Crippen LogP contribution in [-0.4, -0.2) is 19.6 Å². The average molecular weight is 248 g/mol. The molecular weight excluding hydrogens is 228 g/mol. The molecule has 1 aliphatic rings. The lowest BCUT2D eigenvalue weighted by Gasteiger charge is -2.13. The summed E-state index contributed by atoms with van der Waals surface area (Å²) in [4.78, 5) is 11.0. The summed E-state index contributed by atoms with van der Waals surface area (Å²) >= 11 is 0. The highest BCUT2D eigenvalue weighted by Crippen LogP contribution is 2.32. The second kappa shape index (κ2) is 5.87. The van der Waals surface area contributed by atoms with E-state index in [-0.39, 0.29) is 5.97 Å². The number of hydrogen-bond donors (Lipinski definition) is 2. The van der Waals surface area contributed by atoms with Gasteiger partial charge in [0.2, 0.25) is 0 Å². The smallest absolute Gasteiger partial charge is 0.305 e. The van der Waals surface area contributed by atoms with Gasteiger partial charge in [-0.15, -0.1) is 0 Å². The molecular formula is C14H20N2O2. The maximum atomic E-state index is 11.0. The summed E-state index contributed by atoms with van der Waals surface area (Å²) < 4.78 is 4.61.